The van der Waals surface area contributed by atoms with Crippen molar-refractivity contribution in [3.05, 3.63) is 19.2 Å². The van der Waals surface area contributed by atoms with Crippen LogP contribution in [0.3, 0.4) is 0 Å². The molecule has 0 amide bonds. The summed E-state index contributed by atoms with van der Waals surface area (Å²) < 4.78 is 25.7. The second-order valence-corrected chi connectivity index (χ2v) is 7.00. The lowest BCUT2D eigenvalue weighted by Gasteiger charge is -2.14. The van der Waals surface area contributed by atoms with Gasteiger partial charge in [0.2, 0.25) is 0 Å². The van der Waals surface area contributed by atoms with Crippen molar-refractivity contribution in [3.63, 3.8) is 0 Å². The van der Waals surface area contributed by atoms with Crippen LogP contribution in [0.4, 0.5) is 8.78 Å². The van der Waals surface area contributed by atoms with Gasteiger partial charge >= 0.3 is 0 Å². The van der Waals surface area contributed by atoms with Gasteiger partial charge in [-0.05, 0) is 45.0 Å². The Balaban J connectivity index is 2.62. The molecule has 0 aliphatic heterocycles. The van der Waals surface area contributed by atoms with Crippen LogP contribution in [0.25, 0.3) is 0 Å². The lowest BCUT2D eigenvalue weighted by Crippen LogP contribution is -2.30. The number of halogens is 4. The van der Waals surface area contributed by atoms with E-state index < -0.39 is 13.0 Å². The summed E-state index contributed by atoms with van der Waals surface area (Å²) in [6.07, 6.45) is -2.42. The maximum absolute atomic E-state index is 12.1. The van der Waals surface area contributed by atoms with E-state index in [2.05, 4.69) is 31.9 Å². The molecule has 0 saturated carbocycles. The van der Waals surface area contributed by atoms with E-state index in [1.54, 1.807) is 6.07 Å². The first-order valence-electron chi connectivity index (χ1n) is 4.35. The number of thiophene rings is 1. The zero-order valence-corrected chi connectivity index (χ0v) is 12.3. The van der Waals surface area contributed by atoms with Crippen molar-refractivity contribution in [2.75, 3.05) is 20.1 Å². The Kier molecular flexibility index (Phi) is 5.49. The molecule has 7 heteroatoms. The zero-order chi connectivity index (χ0) is 12.3. The van der Waals surface area contributed by atoms with Gasteiger partial charge in [0, 0.05) is 5.56 Å². The summed E-state index contributed by atoms with van der Waals surface area (Å²) in [5, 5.41) is 0. The van der Waals surface area contributed by atoms with Gasteiger partial charge in [-0.3, -0.25) is 9.69 Å². The van der Waals surface area contributed by atoms with Crippen LogP contribution in [-0.2, 0) is 0 Å². The summed E-state index contributed by atoms with van der Waals surface area (Å²) in [7, 11) is 1.50. The third kappa shape index (κ3) is 4.20. The number of rotatable bonds is 5. The Labute approximate surface area is 113 Å². The molecule has 0 radical (unpaired) electrons. The molecule has 1 aromatic heterocycles. The molecule has 0 atom stereocenters. The van der Waals surface area contributed by atoms with Crippen LogP contribution in [0.1, 0.15) is 10.4 Å². The Bertz CT molecular complexity index is 384. The first kappa shape index (κ1) is 14.2. The van der Waals surface area contributed by atoms with E-state index in [0.29, 0.717) is 5.56 Å². The minimum absolute atomic E-state index is 0.00782. The van der Waals surface area contributed by atoms with Crippen molar-refractivity contribution < 1.29 is 13.6 Å². The number of Topliss-reactive ketones (excluding diaryl/α,β-unsaturated/α-hetero) is 1. The number of nitrogens with zero attached hydrogens (tertiary/aromatic N) is 1. The normalized spacial score (nSPS) is 11.4. The van der Waals surface area contributed by atoms with E-state index >= 15 is 0 Å². The van der Waals surface area contributed by atoms with Gasteiger partial charge in [0.15, 0.2) is 5.78 Å². The van der Waals surface area contributed by atoms with Crippen LogP contribution >= 0.6 is 43.2 Å². The smallest absolute Gasteiger partial charge is 0.251 e. The average Bonchev–Trinajstić information content (AvgIpc) is 2.43. The second kappa shape index (κ2) is 6.18. The van der Waals surface area contributed by atoms with Crippen molar-refractivity contribution in [2.24, 2.45) is 0 Å². The van der Waals surface area contributed by atoms with Crippen LogP contribution < -0.4 is 0 Å². The fourth-order valence-electron chi connectivity index (χ4n) is 1.16. The van der Waals surface area contributed by atoms with Crippen LogP contribution in [0.2, 0.25) is 0 Å². The molecular weight excluding hydrogens is 368 g/mol. The Hall–Kier alpha value is 0.150. The van der Waals surface area contributed by atoms with Gasteiger partial charge in [0.05, 0.1) is 20.7 Å². The highest BCUT2D eigenvalue weighted by Crippen LogP contribution is 2.32. The molecule has 0 bridgehead atoms. The molecule has 0 aliphatic rings. The topological polar surface area (TPSA) is 20.3 Å². The van der Waals surface area contributed by atoms with E-state index in [1.165, 1.54) is 23.3 Å². The summed E-state index contributed by atoms with van der Waals surface area (Å²) in [5.41, 5.74) is 0.526. The molecule has 0 spiro atoms. The second-order valence-electron chi connectivity index (χ2n) is 3.25. The van der Waals surface area contributed by atoms with Gasteiger partial charge in [0.25, 0.3) is 6.43 Å². The van der Waals surface area contributed by atoms with Crippen LogP contribution in [-0.4, -0.2) is 37.2 Å². The van der Waals surface area contributed by atoms with Crippen LogP contribution in [0.5, 0.6) is 0 Å². The fourth-order valence-corrected chi connectivity index (χ4v) is 4.02. The number of hydrogen-bond donors (Lipinski definition) is 0. The van der Waals surface area contributed by atoms with Gasteiger partial charge in [-0.15, -0.1) is 11.3 Å². The quantitative estimate of drug-likeness (QED) is 0.731. The fraction of sp³-hybridized carbons (Fsp3) is 0.444. The van der Waals surface area contributed by atoms with Crippen LogP contribution in [0, 0.1) is 0 Å². The standard InChI is InChI=1S/C9H9Br2F2NOS/c1-14(4-8(12)13)3-6(15)5-2-7(10)16-9(5)11/h2,8H,3-4H2,1H3. The minimum Gasteiger partial charge on any atom is -0.293 e. The van der Waals surface area contributed by atoms with E-state index in [4.69, 9.17) is 0 Å². The highest BCUT2D eigenvalue weighted by molar-refractivity contribution is 9.12. The number of hydrogen-bond acceptors (Lipinski definition) is 3. The van der Waals surface area contributed by atoms with Crippen LogP contribution in [0.15, 0.2) is 13.6 Å². The molecule has 16 heavy (non-hydrogen) atoms. The molecule has 0 unspecified atom stereocenters. The lowest BCUT2D eigenvalue weighted by atomic mass is 10.2. The molecule has 1 rings (SSSR count). The molecule has 0 aliphatic carbocycles. The number of carbonyl (C=O) groups is 1. The minimum atomic E-state index is -2.42. The van der Waals surface area contributed by atoms with Crippen molar-refractivity contribution >= 4 is 49.0 Å². The summed E-state index contributed by atoms with van der Waals surface area (Å²) in [6, 6.07) is 1.69. The number of carbonyl (C=O) groups excluding carboxylic acids is 1. The van der Waals surface area contributed by atoms with Gasteiger partial charge in [-0.1, -0.05) is 0 Å². The SMILES string of the molecule is CN(CC(=O)c1cc(Br)sc1Br)CC(F)F. The number of ketones is 1. The number of alkyl halides is 2. The van der Waals surface area contributed by atoms with Gasteiger partial charge in [-0.25, -0.2) is 8.78 Å². The molecule has 2 nitrogen and oxygen atoms in total. The molecule has 0 saturated heterocycles. The third-order valence-corrected chi connectivity index (χ3v) is 4.16. The van der Waals surface area contributed by atoms with Crippen molar-refractivity contribution in [2.45, 2.75) is 6.43 Å². The van der Waals surface area contributed by atoms with Gasteiger partial charge < -0.3 is 0 Å². The maximum Gasteiger partial charge on any atom is 0.251 e. The first-order chi connectivity index (χ1) is 7.40. The lowest BCUT2D eigenvalue weighted by molar-refractivity contribution is 0.0819. The third-order valence-electron chi connectivity index (χ3n) is 1.82. The molecule has 1 aromatic rings. The Morgan fingerprint density at radius 1 is 1.56 bits per heavy atom. The van der Waals surface area contributed by atoms with E-state index in [0.717, 1.165) is 7.57 Å². The predicted octanol–water partition coefficient (Wildman–Crippen LogP) is 3.65. The first-order valence-corrected chi connectivity index (χ1v) is 6.75. The molecular formula is C9H9Br2F2NOS. The molecule has 90 valence electrons. The van der Waals surface area contributed by atoms with Crippen molar-refractivity contribution in [1.29, 1.82) is 0 Å². The number of likely N-dealkylation sites (N-methyl/N-ethyl adjacent to an activating group) is 1. The van der Waals surface area contributed by atoms with E-state index in [-0.39, 0.29) is 12.3 Å². The Morgan fingerprint density at radius 3 is 2.62 bits per heavy atom. The maximum atomic E-state index is 12.1. The molecule has 0 fully saturated rings. The van der Waals surface area contributed by atoms with Crippen molar-refractivity contribution in [3.8, 4) is 0 Å². The van der Waals surface area contributed by atoms with Gasteiger partial charge in [0.1, 0.15) is 0 Å². The highest BCUT2D eigenvalue weighted by atomic mass is 79.9. The summed E-state index contributed by atoms with van der Waals surface area (Å²) in [4.78, 5) is 13.1. The summed E-state index contributed by atoms with van der Waals surface area (Å²) in [5.74, 6) is -0.169. The predicted molar refractivity (Wildman–Crippen MR) is 67.6 cm³/mol. The van der Waals surface area contributed by atoms with Gasteiger partial charge in [-0.2, -0.15) is 0 Å². The Morgan fingerprint density at radius 2 is 2.19 bits per heavy atom. The molecule has 0 aromatic carbocycles. The summed E-state index contributed by atoms with van der Waals surface area (Å²) in [6.45, 7) is -0.402. The summed E-state index contributed by atoms with van der Waals surface area (Å²) >= 11 is 7.90. The van der Waals surface area contributed by atoms with Crippen molar-refractivity contribution in [1.82, 2.24) is 4.90 Å². The average molecular weight is 377 g/mol. The molecule has 1 heterocycles. The largest absolute Gasteiger partial charge is 0.293 e. The zero-order valence-electron chi connectivity index (χ0n) is 8.34. The van der Waals surface area contributed by atoms with E-state index in [9.17, 15) is 13.6 Å². The monoisotopic (exact) mass is 375 g/mol. The molecule has 0 N–H and O–H groups in total. The highest BCUT2D eigenvalue weighted by Gasteiger charge is 2.17. The van der Waals surface area contributed by atoms with E-state index in [1.807, 2.05) is 0 Å².